The fourth-order valence-corrected chi connectivity index (χ4v) is 2.25. The number of amides is 2. The Labute approximate surface area is 106 Å². The lowest BCUT2D eigenvalue weighted by Gasteiger charge is -1.87. The van der Waals surface area contributed by atoms with Gasteiger partial charge in [-0.05, 0) is 49.7 Å². The van der Waals surface area contributed by atoms with E-state index in [0.717, 1.165) is 16.2 Å². The number of thioether (sulfide) groups is 1. The van der Waals surface area contributed by atoms with Crippen molar-refractivity contribution in [3.8, 4) is 0 Å². The molecule has 1 fully saturated rings. The first-order valence-corrected chi connectivity index (χ1v) is 6.16. The first-order chi connectivity index (χ1) is 7.06. The van der Waals surface area contributed by atoms with Gasteiger partial charge in [0.1, 0.15) is 5.76 Å². The second-order valence-electron chi connectivity index (χ2n) is 2.62. The van der Waals surface area contributed by atoms with E-state index >= 15 is 0 Å². The van der Waals surface area contributed by atoms with Crippen molar-refractivity contribution in [3.05, 3.63) is 25.9 Å². The Morgan fingerprint density at radius 2 is 2.13 bits per heavy atom. The van der Waals surface area contributed by atoms with Crippen molar-refractivity contribution in [1.82, 2.24) is 5.32 Å². The number of nitrogens with one attached hydrogen (secondary N) is 1. The van der Waals surface area contributed by atoms with Gasteiger partial charge in [0.15, 0.2) is 4.67 Å². The third kappa shape index (κ3) is 2.35. The van der Waals surface area contributed by atoms with Gasteiger partial charge in [-0.2, -0.15) is 0 Å². The smallest absolute Gasteiger partial charge is 0.290 e. The monoisotopic (exact) mass is 351 g/mol. The standard InChI is InChI=1S/C8H3Br2NO3S/c9-4-1-3(14-6(4)10)2-5-7(12)11-8(13)15-5/h1-2H,(H,11,12,13). The molecule has 0 saturated carbocycles. The predicted octanol–water partition coefficient (Wildman–Crippen LogP) is 3.13. The molecule has 0 unspecified atom stereocenters. The number of rotatable bonds is 1. The van der Waals surface area contributed by atoms with Crippen LogP contribution in [-0.4, -0.2) is 11.1 Å². The molecule has 2 heterocycles. The van der Waals surface area contributed by atoms with E-state index in [2.05, 4.69) is 37.2 Å². The molecular weight excluding hydrogens is 350 g/mol. The minimum Gasteiger partial charge on any atom is -0.449 e. The molecule has 0 aromatic carbocycles. The highest BCUT2D eigenvalue weighted by Crippen LogP contribution is 2.31. The summed E-state index contributed by atoms with van der Waals surface area (Å²) < 4.78 is 6.55. The van der Waals surface area contributed by atoms with E-state index < -0.39 is 5.91 Å². The van der Waals surface area contributed by atoms with Crippen LogP contribution in [0.5, 0.6) is 0 Å². The zero-order valence-corrected chi connectivity index (χ0v) is 11.0. The number of carbonyl (C=O) groups excluding carboxylic acids is 2. The minimum atomic E-state index is -0.395. The van der Waals surface area contributed by atoms with Gasteiger partial charge in [0.25, 0.3) is 11.1 Å². The summed E-state index contributed by atoms with van der Waals surface area (Å²) in [6.07, 6.45) is 1.51. The second kappa shape index (κ2) is 4.15. The molecule has 2 rings (SSSR count). The van der Waals surface area contributed by atoms with Crippen molar-refractivity contribution >= 4 is 60.8 Å². The number of hydrogen-bond donors (Lipinski definition) is 1. The van der Waals surface area contributed by atoms with Gasteiger partial charge >= 0.3 is 0 Å². The van der Waals surface area contributed by atoms with Gasteiger partial charge in [-0.15, -0.1) is 0 Å². The van der Waals surface area contributed by atoms with E-state index in [-0.39, 0.29) is 5.24 Å². The molecule has 1 aromatic rings. The van der Waals surface area contributed by atoms with Crippen LogP contribution >= 0.6 is 43.6 Å². The Morgan fingerprint density at radius 1 is 1.40 bits per heavy atom. The maximum Gasteiger partial charge on any atom is 0.290 e. The van der Waals surface area contributed by atoms with Crippen LogP contribution in [0.15, 0.2) is 24.5 Å². The van der Waals surface area contributed by atoms with Crippen molar-refractivity contribution in [2.75, 3.05) is 0 Å². The highest BCUT2D eigenvalue weighted by Gasteiger charge is 2.25. The van der Waals surface area contributed by atoms with Crippen LogP contribution in [0.3, 0.4) is 0 Å². The van der Waals surface area contributed by atoms with Gasteiger partial charge in [0.05, 0.1) is 9.38 Å². The highest BCUT2D eigenvalue weighted by molar-refractivity contribution is 9.13. The Bertz CT molecular complexity index is 461. The van der Waals surface area contributed by atoms with E-state index in [1.165, 1.54) is 6.08 Å². The molecule has 1 aliphatic heterocycles. The summed E-state index contributed by atoms with van der Waals surface area (Å²) >= 11 is 7.28. The summed E-state index contributed by atoms with van der Waals surface area (Å²) in [5.74, 6) is 0.106. The summed E-state index contributed by atoms with van der Waals surface area (Å²) in [4.78, 5) is 22.4. The van der Waals surface area contributed by atoms with Crippen molar-refractivity contribution < 1.29 is 14.0 Å². The van der Waals surface area contributed by atoms with Gasteiger partial charge in [-0.3, -0.25) is 14.9 Å². The SMILES string of the molecule is O=C1NC(=O)C(=Cc2cc(Br)c(Br)o2)S1. The van der Waals surface area contributed by atoms with Crippen LogP contribution in [0.1, 0.15) is 5.76 Å². The van der Waals surface area contributed by atoms with E-state index in [4.69, 9.17) is 4.42 Å². The number of hydrogen-bond acceptors (Lipinski definition) is 4. The zero-order chi connectivity index (χ0) is 11.0. The first kappa shape index (κ1) is 11.0. The number of imide groups is 1. The van der Waals surface area contributed by atoms with E-state index in [0.29, 0.717) is 15.3 Å². The second-order valence-corrected chi connectivity index (χ2v) is 5.21. The van der Waals surface area contributed by atoms with Gasteiger partial charge in [-0.1, -0.05) is 0 Å². The molecule has 0 atom stereocenters. The molecular formula is C8H3Br2NO3S. The molecule has 0 aliphatic carbocycles. The number of halogens is 2. The largest absolute Gasteiger partial charge is 0.449 e. The van der Waals surface area contributed by atoms with Crippen LogP contribution < -0.4 is 5.32 Å². The maximum absolute atomic E-state index is 11.2. The minimum absolute atomic E-state index is 0.328. The first-order valence-electron chi connectivity index (χ1n) is 3.76. The van der Waals surface area contributed by atoms with Crippen molar-refractivity contribution in [2.45, 2.75) is 0 Å². The Morgan fingerprint density at radius 3 is 2.60 bits per heavy atom. The summed E-state index contributed by atoms with van der Waals surface area (Å²) in [6.45, 7) is 0. The molecule has 1 aromatic heterocycles. The molecule has 0 bridgehead atoms. The lowest BCUT2D eigenvalue weighted by molar-refractivity contribution is -0.115. The van der Waals surface area contributed by atoms with Crippen LogP contribution in [0.4, 0.5) is 4.79 Å². The molecule has 4 nitrogen and oxygen atoms in total. The average Bonchev–Trinajstić information content (AvgIpc) is 2.59. The van der Waals surface area contributed by atoms with Crippen LogP contribution in [0.2, 0.25) is 0 Å². The Balaban J connectivity index is 2.30. The molecule has 78 valence electrons. The van der Waals surface area contributed by atoms with E-state index in [9.17, 15) is 9.59 Å². The highest BCUT2D eigenvalue weighted by atomic mass is 79.9. The Kier molecular flexibility index (Phi) is 3.03. The van der Waals surface area contributed by atoms with Gasteiger partial charge in [-0.25, -0.2) is 0 Å². The molecule has 15 heavy (non-hydrogen) atoms. The molecule has 0 spiro atoms. The zero-order valence-electron chi connectivity index (χ0n) is 7.04. The molecule has 7 heteroatoms. The lowest BCUT2D eigenvalue weighted by atomic mass is 10.4. The Hall–Kier alpha value is -0.530. The fourth-order valence-electron chi connectivity index (χ4n) is 0.985. The van der Waals surface area contributed by atoms with Crippen LogP contribution in [0, 0.1) is 0 Å². The lowest BCUT2D eigenvalue weighted by Crippen LogP contribution is -2.17. The van der Waals surface area contributed by atoms with Gasteiger partial charge in [0.2, 0.25) is 0 Å². The fraction of sp³-hybridized carbons (Fsp3) is 0. The summed E-state index contributed by atoms with van der Waals surface area (Å²) in [6, 6.07) is 1.70. The number of carbonyl (C=O) groups is 2. The normalized spacial score (nSPS) is 18.7. The van der Waals surface area contributed by atoms with Crippen LogP contribution in [-0.2, 0) is 4.79 Å². The van der Waals surface area contributed by atoms with E-state index in [1.54, 1.807) is 6.07 Å². The molecule has 1 aliphatic rings. The predicted molar refractivity (Wildman–Crippen MR) is 63.2 cm³/mol. The average molecular weight is 353 g/mol. The number of furan rings is 1. The van der Waals surface area contributed by atoms with E-state index in [1.807, 2.05) is 0 Å². The van der Waals surface area contributed by atoms with Crippen LogP contribution in [0.25, 0.3) is 6.08 Å². The summed E-state index contributed by atoms with van der Waals surface area (Å²) in [5.41, 5.74) is 0. The van der Waals surface area contributed by atoms with Crippen molar-refractivity contribution in [1.29, 1.82) is 0 Å². The quantitative estimate of drug-likeness (QED) is 0.789. The van der Waals surface area contributed by atoms with Crippen molar-refractivity contribution in [3.63, 3.8) is 0 Å². The molecule has 2 amide bonds. The van der Waals surface area contributed by atoms with Crippen molar-refractivity contribution in [2.24, 2.45) is 0 Å². The molecule has 1 saturated heterocycles. The summed E-state index contributed by atoms with van der Waals surface area (Å²) in [5, 5.41) is 1.80. The third-order valence-corrected chi connectivity index (χ3v) is 4.10. The third-order valence-electron chi connectivity index (χ3n) is 1.58. The molecule has 1 N–H and O–H groups in total. The van der Waals surface area contributed by atoms with Gasteiger partial charge in [0, 0.05) is 6.08 Å². The molecule has 0 radical (unpaired) electrons. The summed E-state index contributed by atoms with van der Waals surface area (Å²) in [7, 11) is 0. The maximum atomic E-state index is 11.2. The van der Waals surface area contributed by atoms with Gasteiger partial charge < -0.3 is 4.42 Å². The topological polar surface area (TPSA) is 59.3 Å².